The fraction of sp³-hybridized carbons (Fsp3) is 0.455. The highest BCUT2D eigenvalue weighted by Gasteiger charge is 2.57. The number of hydrogen-bond donors (Lipinski definition) is 3. The van der Waals surface area contributed by atoms with Crippen LogP contribution in [0.3, 0.4) is 0 Å². The molecule has 102 valence electrons. The lowest BCUT2D eigenvalue weighted by Gasteiger charge is -2.23. The Labute approximate surface area is 106 Å². The topological polar surface area (TPSA) is 105 Å². The predicted molar refractivity (Wildman–Crippen MR) is 61.0 cm³/mol. The number of nitrogens with zero attached hydrogens (tertiary/aromatic N) is 1. The lowest BCUT2D eigenvalue weighted by atomic mass is 9.97. The van der Waals surface area contributed by atoms with Crippen molar-refractivity contribution >= 4 is 0 Å². The average molecular weight is 270 g/mol. The normalized spacial score (nSPS) is 34.1. The maximum atomic E-state index is 14.5. The van der Waals surface area contributed by atoms with Gasteiger partial charge in [-0.25, -0.2) is 9.18 Å². The van der Waals surface area contributed by atoms with Crippen LogP contribution in [0.5, 0.6) is 0 Å². The van der Waals surface area contributed by atoms with E-state index in [1.807, 2.05) is 4.98 Å². The summed E-state index contributed by atoms with van der Waals surface area (Å²) in [5.74, 6) is 1.74. The average Bonchev–Trinajstić information content (AvgIpc) is 2.63. The number of rotatable bonds is 2. The molecular formula is C11H11FN2O5. The summed E-state index contributed by atoms with van der Waals surface area (Å²) in [7, 11) is 0. The quantitative estimate of drug-likeness (QED) is 0.546. The smallest absolute Gasteiger partial charge is 0.330 e. The molecule has 0 unspecified atom stereocenters. The third-order valence-corrected chi connectivity index (χ3v) is 2.95. The number of terminal acetylenes is 1. The van der Waals surface area contributed by atoms with E-state index in [4.69, 9.17) is 16.3 Å². The lowest BCUT2D eigenvalue weighted by molar-refractivity contribution is -0.0543. The molecule has 1 aromatic heterocycles. The Morgan fingerprint density at radius 3 is 2.84 bits per heavy atom. The van der Waals surface area contributed by atoms with E-state index in [0.29, 0.717) is 0 Å². The SMILES string of the molecule is C#C[C@]1(F)[C@H](O)[C@@H](CO)O[C@H]1n1ccc(=O)[nH]c1=O. The summed E-state index contributed by atoms with van der Waals surface area (Å²) >= 11 is 0. The zero-order valence-electron chi connectivity index (χ0n) is 9.62. The Hall–Kier alpha value is -1.95. The van der Waals surface area contributed by atoms with Crippen LogP contribution in [0.15, 0.2) is 21.9 Å². The second kappa shape index (κ2) is 4.62. The number of aliphatic hydroxyl groups is 2. The zero-order valence-corrected chi connectivity index (χ0v) is 9.62. The molecule has 0 aliphatic carbocycles. The van der Waals surface area contributed by atoms with Crippen LogP contribution in [0, 0.1) is 12.3 Å². The molecular weight excluding hydrogens is 259 g/mol. The van der Waals surface area contributed by atoms with Crippen LogP contribution >= 0.6 is 0 Å². The Balaban J connectivity index is 2.52. The van der Waals surface area contributed by atoms with Crippen molar-refractivity contribution in [2.24, 2.45) is 0 Å². The van der Waals surface area contributed by atoms with Crippen molar-refractivity contribution < 1.29 is 19.3 Å². The van der Waals surface area contributed by atoms with Crippen molar-refractivity contribution in [2.75, 3.05) is 6.61 Å². The van der Waals surface area contributed by atoms with Crippen molar-refractivity contribution in [2.45, 2.75) is 24.1 Å². The molecule has 1 aliphatic rings. The molecule has 2 rings (SSSR count). The molecule has 2 heterocycles. The third-order valence-electron chi connectivity index (χ3n) is 2.95. The molecule has 0 spiro atoms. The second-order valence-corrected chi connectivity index (χ2v) is 4.08. The van der Waals surface area contributed by atoms with Crippen molar-refractivity contribution in [1.29, 1.82) is 0 Å². The highest BCUT2D eigenvalue weighted by atomic mass is 19.1. The fourth-order valence-electron chi connectivity index (χ4n) is 1.94. The molecule has 1 aliphatic heterocycles. The van der Waals surface area contributed by atoms with Gasteiger partial charge in [0.1, 0.15) is 12.2 Å². The van der Waals surface area contributed by atoms with Gasteiger partial charge in [-0.15, -0.1) is 6.42 Å². The van der Waals surface area contributed by atoms with Gasteiger partial charge in [0.15, 0.2) is 6.23 Å². The van der Waals surface area contributed by atoms with Crippen molar-refractivity contribution in [3.8, 4) is 12.3 Å². The summed E-state index contributed by atoms with van der Waals surface area (Å²) in [4.78, 5) is 24.4. The number of aromatic nitrogens is 2. The second-order valence-electron chi connectivity index (χ2n) is 4.08. The molecule has 1 saturated heterocycles. The molecule has 1 aromatic rings. The number of aliphatic hydroxyl groups excluding tert-OH is 2. The highest BCUT2D eigenvalue weighted by Crippen LogP contribution is 2.40. The molecule has 0 amide bonds. The first kappa shape index (κ1) is 13.5. The first-order valence-corrected chi connectivity index (χ1v) is 5.36. The van der Waals surface area contributed by atoms with Crippen molar-refractivity contribution in [3.63, 3.8) is 0 Å². The van der Waals surface area contributed by atoms with Crippen LogP contribution < -0.4 is 11.2 Å². The van der Waals surface area contributed by atoms with E-state index in [0.717, 1.165) is 16.8 Å². The Kier molecular flexibility index (Phi) is 3.28. The molecule has 1 fully saturated rings. The number of alkyl halides is 1. The molecule has 0 bridgehead atoms. The largest absolute Gasteiger partial charge is 0.394 e. The predicted octanol–water partition coefficient (Wildman–Crippen LogP) is -1.87. The van der Waals surface area contributed by atoms with E-state index in [-0.39, 0.29) is 0 Å². The summed E-state index contributed by atoms with van der Waals surface area (Å²) in [6.07, 6.45) is 1.38. The van der Waals surface area contributed by atoms with Gasteiger partial charge in [0.25, 0.3) is 5.56 Å². The molecule has 0 saturated carbocycles. The Morgan fingerprint density at radius 2 is 2.32 bits per heavy atom. The van der Waals surface area contributed by atoms with Gasteiger partial charge in [0.05, 0.1) is 6.61 Å². The van der Waals surface area contributed by atoms with Crippen molar-refractivity contribution in [3.05, 3.63) is 33.1 Å². The van der Waals surface area contributed by atoms with E-state index in [1.165, 1.54) is 0 Å². The summed E-state index contributed by atoms with van der Waals surface area (Å²) < 4.78 is 20.3. The van der Waals surface area contributed by atoms with Crippen LogP contribution in [0.1, 0.15) is 6.23 Å². The molecule has 19 heavy (non-hydrogen) atoms. The van der Waals surface area contributed by atoms with Crippen molar-refractivity contribution in [1.82, 2.24) is 9.55 Å². The van der Waals surface area contributed by atoms with E-state index in [9.17, 15) is 19.1 Å². The summed E-state index contributed by atoms with van der Waals surface area (Å²) in [5.41, 5.74) is -4.28. The van der Waals surface area contributed by atoms with Crippen LogP contribution in [0.25, 0.3) is 0 Å². The highest BCUT2D eigenvalue weighted by molar-refractivity contribution is 5.19. The van der Waals surface area contributed by atoms with Gasteiger partial charge in [0, 0.05) is 12.3 Å². The van der Waals surface area contributed by atoms with Gasteiger partial charge in [0.2, 0.25) is 5.67 Å². The number of nitrogens with one attached hydrogen (secondary N) is 1. The van der Waals surface area contributed by atoms with Gasteiger partial charge < -0.3 is 14.9 Å². The van der Waals surface area contributed by atoms with Gasteiger partial charge in [-0.3, -0.25) is 14.3 Å². The number of ether oxygens (including phenoxy) is 1. The van der Waals surface area contributed by atoms with E-state index >= 15 is 0 Å². The molecule has 0 radical (unpaired) electrons. The van der Waals surface area contributed by atoms with Gasteiger partial charge in [-0.1, -0.05) is 5.92 Å². The maximum absolute atomic E-state index is 14.5. The summed E-state index contributed by atoms with van der Waals surface area (Å²) in [5, 5.41) is 18.7. The lowest BCUT2D eigenvalue weighted by Crippen LogP contribution is -2.44. The fourth-order valence-corrected chi connectivity index (χ4v) is 1.94. The monoisotopic (exact) mass is 270 g/mol. The summed E-state index contributed by atoms with van der Waals surface area (Å²) in [6, 6.07) is 0.986. The Bertz CT molecular complexity index is 633. The number of aromatic amines is 1. The van der Waals surface area contributed by atoms with Crippen LogP contribution in [-0.4, -0.2) is 44.2 Å². The van der Waals surface area contributed by atoms with Crippen LogP contribution in [0.2, 0.25) is 0 Å². The minimum atomic E-state index is -2.69. The zero-order chi connectivity index (χ0) is 14.2. The van der Waals surface area contributed by atoms with Gasteiger partial charge >= 0.3 is 5.69 Å². The number of hydrogen-bond acceptors (Lipinski definition) is 5. The molecule has 0 aromatic carbocycles. The van der Waals surface area contributed by atoms with E-state index in [2.05, 4.69) is 0 Å². The number of H-pyrrole nitrogens is 1. The Morgan fingerprint density at radius 1 is 1.63 bits per heavy atom. The minimum absolute atomic E-state index is 0.663. The first-order chi connectivity index (χ1) is 8.93. The number of halogens is 1. The van der Waals surface area contributed by atoms with Crippen LogP contribution in [-0.2, 0) is 4.74 Å². The van der Waals surface area contributed by atoms with Crippen LogP contribution in [0.4, 0.5) is 4.39 Å². The summed E-state index contributed by atoms with van der Waals surface area (Å²) in [6.45, 7) is -0.664. The standard InChI is InChI=1S/C11H11FN2O5/c1-2-11(12)8(17)6(5-15)19-9(11)14-4-3-7(16)13-10(14)18/h1,3-4,6,8-9,15,17H,5H2,(H,13,16,18)/t6-,8-,9-,11+/m1/s1. The molecule has 4 atom stereocenters. The molecule has 3 N–H and O–H groups in total. The molecule has 8 heteroatoms. The van der Waals surface area contributed by atoms with Gasteiger partial charge in [-0.05, 0) is 0 Å². The van der Waals surface area contributed by atoms with Gasteiger partial charge in [-0.2, -0.15) is 0 Å². The minimum Gasteiger partial charge on any atom is -0.394 e. The van der Waals surface area contributed by atoms with E-state index in [1.54, 1.807) is 5.92 Å². The molecule has 7 nitrogen and oxygen atoms in total. The maximum Gasteiger partial charge on any atom is 0.330 e. The first-order valence-electron chi connectivity index (χ1n) is 5.36. The van der Waals surface area contributed by atoms with E-state index < -0.39 is 42.0 Å². The third kappa shape index (κ3) is 1.98.